The van der Waals surface area contributed by atoms with Crippen LogP contribution in [0.4, 0.5) is 0 Å². The van der Waals surface area contributed by atoms with E-state index in [4.69, 9.17) is 21.0 Å². The van der Waals surface area contributed by atoms with Crippen molar-refractivity contribution in [1.82, 2.24) is 0 Å². The number of para-hydroxylation sites is 1. The maximum absolute atomic E-state index is 6.45. The van der Waals surface area contributed by atoms with Crippen molar-refractivity contribution in [3.8, 4) is 0 Å². The summed E-state index contributed by atoms with van der Waals surface area (Å²) in [6, 6.07) is 24.4. The number of halogens is 1. The van der Waals surface area contributed by atoms with Crippen LogP contribution in [0.15, 0.2) is 98.4 Å². The van der Waals surface area contributed by atoms with Crippen LogP contribution in [0.2, 0.25) is 0 Å². The topological polar surface area (TPSA) is 37.9 Å². The number of hydrogen-bond acceptors (Lipinski definition) is 3. The van der Waals surface area contributed by atoms with Gasteiger partial charge in [-0.15, -0.1) is 0 Å². The molecular formula is C25H19ClN2O. The van der Waals surface area contributed by atoms with Crippen LogP contribution in [0.5, 0.6) is 0 Å². The first-order valence-corrected chi connectivity index (χ1v) is 10.1. The van der Waals surface area contributed by atoms with Crippen molar-refractivity contribution >= 4 is 45.1 Å². The predicted molar refractivity (Wildman–Crippen MR) is 121 cm³/mol. The molecule has 4 heteroatoms. The highest BCUT2D eigenvalue weighted by Crippen LogP contribution is 2.30. The summed E-state index contributed by atoms with van der Waals surface area (Å²) in [6.07, 6.45) is 2.88. The highest BCUT2D eigenvalue weighted by molar-refractivity contribution is 6.31. The number of rotatable bonds is 3. The first kappa shape index (κ1) is 17.9. The number of benzene rings is 3. The molecule has 1 atom stereocenters. The van der Waals surface area contributed by atoms with Gasteiger partial charge in [-0.25, -0.2) is 9.98 Å². The molecule has 3 nitrogen and oxygen atoms in total. The van der Waals surface area contributed by atoms with Crippen molar-refractivity contribution in [2.45, 2.75) is 13.3 Å². The van der Waals surface area contributed by atoms with Crippen LogP contribution in [-0.4, -0.2) is 11.5 Å². The predicted octanol–water partition coefficient (Wildman–Crippen LogP) is 6.94. The Kier molecular flexibility index (Phi) is 4.53. The van der Waals surface area contributed by atoms with E-state index < -0.39 is 0 Å². The van der Waals surface area contributed by atoms with Gasteiger partial charge in [0.05, 0.1) is 5.71 Å². The average molecular weight is 399 g/mol. The van der Waals surface area contributed by atoms with Gasteiger partial charge in [0.2, 0.25) is 0 Å². The quantitative estimate of drug-likeness (QED) is 0.344. The van der Waals surface area contributed by atoms with Crippen LogP contribution in [0.3, 0.4) is 0 Å². The molecule has 29 heavy (non-hydrogen) atoms. The number of amidine groups is 1. The Labute approximate surface area is 174 Å². The summed E-state index contributed by atoms with van der Waals surface area (Å²) in [4.78, 5) is 9.56. The van der Waals surface area contributed by atoms with E-state index in [1.54, 1.807) is 0 Å². The van der Waals surface area contributed by atoms with Gasteiger partial charge < -0.3 is 4.42 Å². The first-order chi connectivity index (χ1) is 14.2. The minimum absolute atomic E-state index is 0.112. The molecule has 0 saturated carbocycles. The van der Waals surface area contributed by atoms with Crippen molar-refractivity contribution in [1.29, 1.82) is 0 Å². The Balaban J connectivity index is 1.67. The van der Waals surface area contributed by atoms with Gasteiger partial charge in [0.1, 0.15) is 16.3 Å². The third kappa shape index (κ3) is 3.28. The zero-order chi connectivity index (χ0) is 19.8. The van der Waals surface area contributed by atoms with Gasteiger partial charge in [-0.2, -0.15) is 0 Å². The molecule has 0 bridgehead atoms. The molecule has 0 aliphatic carbocycles. The Bertz CT molecular complexity index is 1300. The Morgan fingerprint density at radius 3 is 2.41 bits per heavy atom. The van der Waals surface area contributed by atoms with Crippen LogP contribution in [0.1, 0.15) is 24.5 Å². The molecule has 1 aliphatic rings. The lowest BCUT2D eigenvalue weighted by Gasteiger charge is -2.13. The van der Waals surface area contributed by atoms with E-state index in [1.165, 1.54) is 0 Å². The second-order valence-corrected chi connectivity index (χ2v) is 7.50. The third-order valence-corrected chi connectivity index (χ3v) is 5.49. The van der Waals surface area contributed by atoms with E-state index in [0.717, 1.165) is 45.2 Å². The summed E-state index contributed by atoms with van der Waals surface area (Å²) in [5, 5.41) is 2.65. The fraction of sp³-hybridized carbons (Fsp3) is 0.120. The van der Waals surface area contributed by atoms with Gasteiger partial charge in [0.15, 0.2) is 5.84 Å². The van der Waals surface area contributed by atoms with Crippen LogP contribution in [0, 0.1) is 5.92 Å². The minimum Gasteiger partial charge on any atom is -0.456 e. The number of hydrogen-bond donors (Lipinski definition) is 0. The first-order valence-electron chi connectivity index (χ1n) is 9.74. The highest BCUT2D eigenvalue weighted by atomic mass is 35.5. The molecule has 0 spiro atoms. The molecule has 0 fully saturated rings. The van der Waals surface area contributed by atoms with E-state index >= 15 is 0 Å². The van der Waals surface area contributed by atoms with Crippen molar-refractivity contribution in [3.05, 3.63) is 95.2 Å². The zero-order valence-corrected chi connectivity index (χ0v) is 16.7. The minimum atomic E-state index is 0.112. The fourth-order valence-electron chi connectivity index (χ4n) is 3.80. The largest absolute Gasteiger partial charge is 0.456 e. The van der Waals surface area contributed by atoms with Gasteiger partial charge in [0, 0.05) is 22.3 Å². The molecule has 1 aromatic heterocycles. The van der Waals surface area contributed by atoms with E-state index in [2.05, 4.69) is 36.2 Å². The summed E-state index contributed by atoms with van der Waals surface area (Å²) in [5.41, 5.74) is 4.64. The maximum Gasteiger partial charge on any atom is 0.161 e. The summed E-state index contributed by atoms with van der Waals surface area (Å²) in [5.74, 6) is 0.712. The number of allylic oxidation sites excluding steroid dienone is 1. The zero-order valence-electron chi connectivity index (χ0n) is 16.0. The molecule has 4 aromatic rings. The Morgan fingerprint density at radius 2 is 1.59 bits per heavy atom. The summed E-state index contributed by atoms with van der Waals surface area (Å²) >= 11 is 6.45. The van der Waals surface area contributed by atoms with Crippen molar-refractivity contribution < 1.29 is 4.42 Å². The molecule has 142 valence electrons. The monoisotopic (exact) mass is 398 g/mol. The maximum atomic E-state index is 6.45. The van der Waals surface area contributed by atoms with E-state index in [0.29, 0.717) is 11.0 Å². The van der Waals surface area contributed by atoms with Gasteiger partial charge in [-0.05, 0) is 36.3 Å². The summed E-state index contributed by atoms with van der Waals surface area (Å²) in [7, 11) is 0. The highest BCUT2D eigenvalue weighted by Gasteiger charge is 2.20. The molecule has 0 radical (unpaired) electrons. The van der Waals surface area contributed by atoms with Crippen LogP contribution >= 0.6 is 11.6 Å². The SMILES string of the molecule is CCC1C=C(Cl)N=C(c2ccc3c(c2)oc2ccccc23)N=C1c1ccccc1. The van der Waals surface area contributed by atoms with Gasteiger partial charge >= 0.3 is 0 Å². The summed E-state index contributed by atoms with van der Waals surface area (Å²) < 4.78 is 6.04. The second-order valence-electron chi connectivity index (χ2n) is 7.11. The number of furan rings is 1. The van der Waals surface area contributed by atoms with Crippen LogP contribution < -0.4 is 0 Å². The van der Waals surface area contributed by atoms with E-state index in [-0.39, 0.29) is 5.92 Å². The molecular weight excluding hydrogens is 380 g/mol. The normalized spacial score (nSPS) is 17.0. The molecule has 5 rings (SSSR count). The molecule has 1 aliphatic heterocycles. The smallest absolute Gasteiger partial charge is 0.161 e. The number of aliphatic imine (C=N–C) groups is 2. The number of nitrogens with zero attached hydrogens (tertiary/aromatic N) is 2. The van der Waals surface area contributed by atoms with Crippen LogP contribution in [-0.2, 0) is 0 Å². The van der Waals surface area contributed by atoms with Gasteiger partial charge in [0.25, 0.3) is 0 Å². The lowest BCUT2D eigenvalue weighted by molar-refractivity contribution is 0.669. The summed E-state index contributed by atoms with van der Waals surface area (Å²) in [6.45, 7) is 2.13. The molecule has 3 aromatic carbocycles. The van der Waals surface area contributed by atoms with Gasteiger partial charge in [-0.1, -0.05) is 73.1 Å². The van der Waals surface area contributed by atoms with Gasteiger partial charge in [-0.3, -0.25) is 0 Å². The van der Waals surface area contributed by atoms with E-state index in [1.807, 2.05) is 54.6 Å². The Hall–Kier alpha value is -3.17. The molecule has 0 amide bonds. The molecule has 0 saturated heterocycles. The van der Waals surface area contributed by atoms with Crippen molar-refractivity contribution in [2.75, 3.05) is 0 Å². The van der Waals surface area contributed by atoms with Crippen molar-refractivity contribution in [2.24, 2.45) is 15.9 Å². The fourth-order valence-corrected chi connectivity index (χ4v) is 4.03. The number of fused-ring (bicyclic) bond motifs is 3. The van der Waals surface area contributed by atoms with Crippen molar-refractivity contribution in [3.63, 3.8) is 0 Å². The molecule has 1 unspecified atom stereocenters. The third-order valence-electron chi connectivity index (χ3n) is 5.28. The second kappa shape index (κ2) is 7.34. The van der Waals surface area contributed by atoms with Crippen LogP contribution in [0.25, 0.3) is 21.9 Å². The Morgan fingerprint density at radius 1 is 0.828 bits per heavy atom. The lowest BCUT2D eigenvalue weighted by atomic mass is 9.94. The standard InChI is InChI=1S/C25H19ClN2O/c1-2-16-15-23(26)27-25(28-24(16)17-8-4-3-5-9-17)18-12-13-20-19-10-6-7-11-21(19)29-22(20)14-18/h3-16H,2H2,1H3. The average Bonchev–Trinajstić information content (AvgIpc) is 3.04. The molecule has 2 heterocycles. The van der Waals surface area contributed by atoms with E-state index in [9.17, 15) is 0 Å². The molecule has 0 N–H and O–H groups in total. The lowest BCUT2D eigenvalue weighted by Crippen LogP contribution is -2.14.